The summed E-state index contributed by atoms with van der Waals surface area (Å²) in [7, 11) is 0. The minimum atomic E-state index is -0.559. The van der Waals surface area contributed by atoms with Gasteiger partial charge in [0, 0.05) is 18.5 Å². The summed E-state index contributed by atoms with van der Waals surface area (Å²) in [5.74, 6) is 1.38. The van der Waals surface area contributed by atoms with Crippen molar-refractivity contribution in [2.45, 2.75) is 40.7 Å². The molecule has 0 spiro atoms. The lowest BCUT2D eigenvalue weighted by Crippen LogP contribution is -2.46. The molecule has 29 heavy (non-hydrogen) atoms. The van der Waals surface area contributed by atoms with Crippen molar-refractivity contribution >= 4 is 11.8 Å². The van der Waals surface area contributed by atoms with Crippen LogP contribution in [0.3, 0.4) is 0 Å². The highest BCUT2D eigenvalue weighted by molar-refractivity contribution is 5.87. The molecular formula is C24H32N2O3. The molecule has 0 atom stereocenters. The smallest absolute Gasteiger partial charge is 0.242 e. The minimum Gasteiger partial charge on any atom is -0.464 e. The van der Waals surface area contributed by atoms with Crippen molar-refractivity contribution in [2.75, 3.05) is 19.6 Å². The quantitative estimate of drug-likeness (QED) is 0.596. The van der Waals surface area contributed by atoms with E-state index in [0.29, 0.717) is 19.6 Å². The van der Waals surface area contributed by atoms with E-state index in [4.69, 9.17) is 4.42 Å². The summed E-state index contributed by atoms with van der Waals surface area (Å²) in [6.45, 7) is 12.5. The second kappa shape index (κ2) is 10.1. The zero-order valence-corrected chi connectivity index (χ0v) is 18.0. The molecule has 2 aromatic rings. The Morgan fingerprint density at radius 2 is 1.76 bits per heavy atom. The van der Waals surface area contributed by atoms with Crippen molar-refractivity contribution in [1.29, 1.82) is 0 Å². The van der Waals surface area contributed by atoms with Crippen molar-refractivity contribution in [2.24, 2.45) is 5.41 Å². The van der Waals surface area contributed by atoms with Crippen LogP contribution in [0.5, 0.6) is 0 Å². The molecule has 0 aliphatic carbocycles. The Morgan fingerprint density at radius 3 is 2.31 bits per heavy atom. The van der Waals surface area contributed by atoms with Gasteiger partial charge >= 0.3 is 0 Å². The van der Waals surface area contributed by atoms with Crippen LogP contribution >= 0.6 is 0 Å². The van der Waals surface area contributed by atoms with Crippen molar-refractivity contribution in [3.8, 4) is 0 Å². The van der Waals surface area contributed by atoms with Crippen molar-refractivity contribution < 1.29 is 14.0 Å². The van der Waals surface area contributed by atoms with E-state index in [1.165, 1.54) is 0 Å². The molecule has 1 heterocycles. The van der Waals surface area contributed by atoms with Gasteiger partial charge in [0.1, 0.15) is 18.1 Å². The molecule has 2 amide bonds. The van der Waals surface area contributed by atoms with Crippen LogP contribution in [0.4, 0.5) is 0 Å². The SMILES string of the molecule is C=CCN(CC(=O)N(CCc1ccccc1)Cc1ccc(C)o1)C(=O)C(C)(C)C. The zero-order chi connectivity index (χ0) is 21.4. The van der Waals surface area contributed by atoms with Gasteiger partial charge in [0.15, 0.2) is 0 Å². The van der Waals surface area contributed by atoms with Gasteiger partial charge in [-0.25, -0.2) is 0 Å². The molecule has 5 heteroatoms. The van der Waals surface area contributed by atoms with Gasteiger partial charge in [-0.2, -0.15) is 0 Å². The highest BCUT2D eigenvalue weighted by atomic mass is 16.3. The number of benzene rings is 1. The summed E-state index contributed by atoms with van der Waals surface area (Å²) >= 11 is 0. The fourth-order valence-corrected chi connectivity index (χ4v) is 3.07. The van der Waals surface area contributed by atoms with Gasteiger partial charge in [0.25, 0.3) is 0 Å². The number of hydrogen-bond acceptors (Lipinski definition) is 3. The highest BCUT2D eigenvalue weighted by Gasteiger charge is 2.29. The molecule has 0 bridgehead atoms. The predicted octanol–water partition coefficient (Wildman–Crippen LogP) is 4.22. The Bertz CT molecular complexity index is 818. The molecule has 0 unspecified atom stereocenters. The van der Waals surface area contributed by atoms with Gasteiger partial charge in [-0.15, -0.1) is 6.58 Å². The van der Waals surface area contributed by atoms with Gasteiger partial charge in [-0.05, 0) is 31.0 Å². The summed E-state index contributed by atoms with van der Waals surface area (Å²) in [5, 5.41) is 0. The summed E-state index contributed by atoms with van der Waals surface area (Å²) in [4.78, 5) is 29.2. The van der Waals surface area contributed by atoms with Gasteiger partial charge < -0.3 is 14.2 Å². The monoisotopic (exact) mass is 396 g/mol. The zero-order valence-electron chi connectivity index (χ0n) is 18.0. The molecule has 0 aliphatic rings. The molecule has 0 fully saturated rings. The third-order valence-electron chi connectivity index (χ3n) is 4.61. The number of aryl methyl sites for hydroxylation is 1. The molecule has 0 saturated carbocycles. The fraction of sp³-hybridized carbons (Fsp3) is 0.417. The van der Waals surface area contributed by atoms with Crippen LogP contribution in [0.1, 0.15) is 37.9 Å². The third kappa shape index (κ3) is 6.93. The number of carbonyl (C=O) groups is 2. The molecular weight excluding hydrogens is 364 g/mol. The van der Waals surface area contributed by atoms with E-state index in [0.717, 1.165) is 23.5 Å². The van der Waals surface area contributed by atoms with E-state index >= 15 is 0 Å². The van der Waals surface area contributed by atoms with E-state index in [9.17, 15) is 9.59 Å². The van der Waals surface area contributed by atoms with Crippen LogP contribution in [0.15, 0.2) is 59.5 Å². The van der Waals surface area contributed by atoms with Gasteiger partial charge in [-0.1, -0.05) is 57.2 Å². The van der Waals surface area contributed by atoms with E-state index in [-0.39, 0.29) is 18.4 Å². The first-order chi connectivity index (χ1) is 13.7. The Labute approximate surface area is 174 Å². The fourth-order valence-electron chi connectivity index (χ4n) is 3.07. The summed E-state index contributed by atoms with van der Waals surface area (Å²) in [6, 6.07) is 13.8. The third-order valence-corrected chi connectivity index (χ3v) is 4.61. The number of carbonyl (C=O) groups excluding carboxylic acids is 2. The largest absolute Gasteiger partial charge is 0.464 e. The molecule has 0 aliphatic heterocycles. The second-order valence-electron chi connectivity index (χ2n) is 8.29. The lowest BCUT2D eigenvalue weighted by Gasteiger charge is -2.30. The van der Waals surface area contributed by atoms with Crippen molar-refractivity contribution in [3.05, 3.63) is 72.2 Å². The second-order valence-corrected chi connectivity index (χ2v) is 8.29. The molecule has 2 rings (SSSR count). The molecule has 0 N–H and O–H groups in total. The lowest BCUT2D eigenvalue weighted by atomic mass is 9.94. The standard InChI is InChI=1S/C24H32N2O3/c1-6-15-26(23(28)24(3,4)5)18-22(27)25(17-21-13-12-19(2)29-21)16-14-20-10-8-7-9-11-20/h6-13H,1,14-18H2,2-5H3. The topological polar surface area (TPSA) is 53.8 Å². The Hall–Kier alpha value is -2.82. The number of nitrogens with zero attached hydrogens (tertiary/aromatic N) is 2. The van der Waals surface area contributed by atoms with Crippen LogP contribution in [0, 0.1) is 12.3 Å². The van der Waals surface area contributed by atoms with E-state index < -0.39 is 5.41 Å². The predicted molar refractivity (Wildman–Crippen MR) is 115 cm³/mol. The first kappa shape index (κ1) is 22.5. The van der Waals surface area contributed by atoms with Crippen molar-refractivity contribution in [3.63, 3.8) is 0 Å². The average molecular weight is 397 g/mol. The summed E-state index contributed by atoms with van der Waals surface area (Å²) in [6.07, 6.45) is 2.39. The van der Waals surface area contributed by atoms with Crippen molar-refractivity contribution in [1.82, 2.24) is 9.80 Å². The molecule has 1 aromatic carbocycles. The van der Waals surface area contributed by atoms with Crippen LogP contribution in [0.25, 0.3) is 0 Å². The number of amides is 2. The van der Waals surface area contributed by atoms with Crippen LogP contribution in [-0.2, 0) is 22.6 Å². The van der Waals surface area contributed by atoms with Crippen LogP contribution < -0.4 is 0 Å². The van der Waals surface area contributed by atoms with Crippen LogP contribution in [0.2, 0.25) is 0 Å². The summed E-state index contributed by atoms with van der Waals surface area (Å²) < 4.78 is 5.68. The van der Waals surface area contributed by atoms with E-state index in [2.05, 4.69) is 6.58 Å². The molecule has 1 aromatic heterocycles. The van der Waals surface area contributed by atoms with Gasteiger partial charge in [0.2, 0.25) is 11.8 Å². The highest BCUT2D eigenvalue weighted by Crippen LogP contribution is 2.18. The maximum atomic E-state index is 13.1. The average Bonchev–Trinajstić information content (AvgIpc) is 3.09. The Balaban J connectivity index is 2.14. The van der Waals surface area contributed by atoms with Gasteiger partial charge in [0.05, 0.1) is 6.54 Å². The lowest BCUT2D eigenvalue weighted by molar-refractivity contribution is -0.145. The Morgan fingerprint density at radius 1 is 1.07 bits per heavy atom. The summed E-state index contributed by atoms with van der Waals surface area (Å²) in [5.41, 5.74) is 0.602. The number of furan rings is 1. The Kier molecular flexibility index (Phi) is 7.82. The maximum Gasteiger partial charge on any atom is 0.242 e. The number of hydrogen-bond donors (Lipinski definition) is 0. The normalized spacial score (nSPS) is 11.2. The van der Waals surface area contributed by atoms with E-state index in [1.807, 2.05) is 70.2 Å². The molecule has 0 radical (unpaired) electrons. The maximum absolute atomic E-state index is 13.1. The first-order valence-corrected chi connectivity index (χ1v) is 9.98. The van der Waals surface area contributed by atoms with Gasteiger partial charge in [-0.3, -0.25) is 9.59 Å². The van der Waals surface area contributed by atoms with E-state index in [1.54, 1.807) is 15.9 Å². The molecule has 5 nitrogen and oxygen atoms in total. The molecule has 156 valence electrons. The minimum absolute atomic E-state index is 0.0244. The molecule has 0 saturated heterocycles. The van der Waals surface area contributed by atoms with Crippen LogP contribution in [-0.4, -0.2) is 41.2 Å². The first-order valence-electron chi connectivity index (χ1n) is 9.98. The number of rotatable bonds is 9.